The second-order valence-corrected chi connectivity index (χ2v) is 11.1. The number of nitrogens with one attached hydrogen (secondary N) is 1. The number of hydrogen-bond acceptors (Lipinski definition) is 3. The Hall–Kier alpha value is -2.38. The van der Waals surface area contributed by atoms with Gasteiger partial charge in [-0.15, -0.1) is 0 Å². The largest absolute Gasteiger partial charge is 0.334 e. The predicted octanol–water partition coefficient (Wildman–Crippen LogP) is 6.93. The van der Waals surface area contributed by atoms with Crippen LogP contribution in [0.1, 0.15) is 29.5 Å². The highest BCUT2D eigenvalue weighted by molar-refractivity contribution is 9.10. The fraction of sp³-hybridized carbons (Fsp3) is 0.286. The van der Waals surface area contributed by atoms with E-state index >= 15 is 0 Å². The number of pyridine rings is 1. The van der Waals surface area contributed by atoms with E-state index in [1.165, 1.54) is 5.56 Å². The zero-order valence-electron chi connectivity index (χ0n) is 19.8. The number of amides is 2. The van der Waals surface area contributed by atoms with Gasteiger partial charge in [-0.25, -0.2) is 9.78 Å². The van der Waals surface area contributed by atoms with Gasteiger partial charge in [0, 0.05) is 40.7 Å². The fourth-order valence-corrected chi connectivity index (χ4v) is 6.32. The molecule has 1 aromatic heterocycles. The van der Waals surface area contributed by atoms with Gasteiger partial charge in [-0.2, -0.15) is 0 Å². The third kappa shape index (κ3) is 5.47. The second-order valence-electron chi connectivity index (χ2n) is 9.40. The van der Waals surface area contributed by atoms with E-state index in [-0.39, 0.29) is 11.4 Å². The van der Waals surface area contributed by atoms with Crippen LogP contribution in [0.3, 0.4) is 0 Å². The quantitative estimate of drug-likeness (QED) is 0.330. The van der Waals surface area contributed by atoms with Crippen LogP contribution in [0.4, 0.5) is 10.5 Å². The van der Waals surface area contributed by atoms with Crippen LogP contribution in [0.25, 0.3) is 6.08 Å². The number of nitrogens with zero attached hydrogens (tertiary/aromatic N) is 3. The van der Waals surface area contributed by atoms with Crippen molar-refractivity contribution in [2.75, 3.05) is 31.1 Å². The number of aromatic nitrogens is 1. The molecule has 1 fully saturated rings. The van der Waals surface area contributed by atoms with E-state index in [1.54, 1.807) is 12.3 Å². The molecule has 0 unspecified atom stereocenters. The molecule has 186 valence electrons. The van der Waals surface area contributed by atoms with E-state index in [9.17, 15) is 4.79 Å². The zero-order valence-corrected chi connectivity index (χ0v) is 22.9. The molecule has 0 radical (unpaired) electrons. The highest BCUT2D eigenvalue weighted by Gasteiger charge is 2.47. The summed E-state index contributed by atoms with van der Waals surface area (Å²) in [7, 11) is 0. The number of anilines is 1. The third-order valence-electron chi connectivity index (χ3n) is 7.11. The van der Waals surface area contributed by atoms with Gasteiger partial charge in [0.15, 0.2) is 0 Å². The van der Waals surface area contributed by atoms with E-state index in [4.69, 9.17) is 23.2 Å². The number of hydrogen-bond donors (Lipinski definition) is 1. The van der Waals surface area contributed by atoms with Gasteiger partial charge in [0.2, 0.25) is 0 Å². The molecule has 0 aliphatic carbocycles. The predicted molar refractivity (Wildman–Crippen MR) is 151 cm³/mol. The van der Waals surface area contributed by atoms with Gasteiger partial charge >= 0.3 is 6.03 Å². The van der Waals surface area contributed by atoms with Gasteiger partial charge in [-0.3, -0.25) is 9.80 Å². The first-order valence-electron chi connectivity index (χ1n) is 12.0. The summed E-state index contributed by atoms with van der Waals surface area (Å²) < 4.78 is 1.08. The Bertz CT molecular complexity index is 1270. The smallest absolute Gasteiger partial charge is 0.322 e. The molecular weight excluding hydrogens is 559 g/mol. The molecule has 2 aliphatic rings. The van der Waals surface area contributed by atoms with Crippen molar-refractivity contribution in [1.82, 2.24) is 15.2 Å². The molecule has 36 heavy (non-hydrogen) atoms. The summed E-state index contributed by atoms with van der Waals surface area (Å²) in [6.07, 6.45) is 8.01. The Labute approximate surface area is 230 Å². The molecule has 1 spiro atoms. The van der Waals surface area contributed by atoms with Crippen LogP contribution < -0.4 is 10.2 Å². The van der Waals surface area contributed by atoms with Gasteiger partial charge in [-0.05, 0) is 79.0 Å². The molecule has 0 bridgehead atoms. The Morgan fingerprint density at radius 3 is 2.64 bits per heavy atom. The highest BCUT2D eigenvalue weighted by atomic mass is 79.9. The Balaban J connectivity index is 1.25. The average Bonchev–Trinajstić information content (AvgIpc) is 3.20. The lowest BCUT2D eigenvalue weighted by atomic mass is 9.74. The zero-order chi connectivity index (χ0) is 25.1. The van der Waals surface area contributed by atoms with Crippen molar-refractivity contribution in [2.24, 2.45) is 0 Å². The van der Waals surface area contributed by atoms with E-state index in [2.05, 4.69) is 55.4 Å². The molecule has 5 rings (SSSR count). The SMILES string of the molecule is O=C(NCc1ccnc(Cl)c1)N1CC2(CCN(C/C=C/c3ccc(Cl)cc3)CC2)c2c(Br)cccc21. The summed E-state index contributed by atoms with van der Waals surface area (Å²) >= 11 is 15.8. The second kappa shape index (κ2) is 10.9. The molecule has 2 aromatic carbocycles. The maximum atomic E-state index is 13.3. The van der Waals surface area contributed by atoms with E-state index in [0.29, 0.717) is 18.2 Å². The average molecular weight is 586 g/mol. The van der Waals surface area contributed by atoms with Crippen molar-refractivity contribution in [2.45, 2.75) is 24.8 Å². The van der Waals surface area contributed by atoms with Crippen molar-refractivity contribution in [3.05, 3.63) is 98.2 Å². The summed E-state index contributed by atoms with van der Waals surface area (Å²) in [4.78, 5) is 21.7. The van der Waals surface area contributed by atoms with E-state index < -0.39 is 0 Å². The molecule has 2 amide bonds. The molecule has 8 heteroatoms. The van der Waals surface area contributed by atoms with Gasteiger partial charge in [0.05, 0.1) is 5.69 Å². The topological polar surface area (TPSA) is 48.5 Å². The molecular formula is C28H27BrCl2N4O. The molecule has 0 atom stereocenters. The first kappa shape index (κ1) is 25.3. The molecule has 3 aromatic rings. The normalized spacial score (nSPS) is 17.0. The van der Waals surface area contributed by atoms with Gasteiger partial charge in [0.1, 0.15) is 5.15 Å². The maximum absolute atomic E-state index is 13.3. The Morgan fingerprint density at radius 2 is 1.89 bits per heavy atom. The lowest BCUT2D eigenvalue weighted by Crippen LogP contribution is -2.47. The minimum atomic E-state index is -0.0903. The minimum Gasteiger partial charge on any atom is -0.334 e. The number of urea groups is 1. The number of carbonyl (C=O) groups is 1. The summed E-state index contributed by atoms with van der Waals surface area (Å²) in [5.74, 6) is 0. The lowest BCUT2D eigenvalue weighted by molar-refractivity contribution is 0.179. The van der Waals surface area contributed by atoms with Crippen LogP contribution in [-0.4, -0.2) is 42.1 Å². The Kier molecular flexibility index (Phi) is 7.68. The van der Waals surface area contributed by atoms with Gasteiger partial charge in [0.25, 0.3) is 0 Å². The highest BCUT2D eigenvalue weighted by Crippen LogP contribution is 2.50. The van der Waals surface area contributed by atoms with Crippen LogP contribution >= 0.6 is 39.1 Å². The van der Waals surface area contributed by atoms with E-state index in [1.807, 2.05) is 41.3 Å². The van der Waals surface area contributed by atoms with Crippen molar-refractivity contribution in [3.63, 3.8) is 0 Å². The number of benzene rings is 2. The molecule has 2 aliphatic heterocycles. The van der Waals surface area contributed by atoms with Crippen LogP contribution in [0.2, 0.25) is 10.2 Å². The third-order valence-corrected chi connectivity index (χ3v) is 8.23. The lowest BCUT2D eigenvalue weighted by Gasteiger charge is -2.39. The number of halogens is 3. The minimum absolute atomic E-state index is 0.0524. The van der Waals surface area contributed by atoms with Crippen LogP contribution in [0.5, 0.6) is 0 Å². The molecule has 0 saturated carbocycles. The Morgan fingerprint density at radius 1 is 1.11 bits per heavy atom. The van der Waals surface area contributed by atoms with Crippen LogP contribution in [-0.2, 0) is 12.0 Å². The van der Waals surface area contributed by atoms with Crippen molar-refractivity contribution >= 4 is 56.9 Å². The number of fused-ring (bicyclic) bond motifs is 2. The van der Waals surface area contributed by atoms with Crippen molar-refractivity contribution < 1.29 is 4.79 Å². The summed E-state index contributed by atoms with van der Waals surface area (Å²) in [5, 5.41) is 4.24. The number of rotatable bonds is 5. The van der Waals surface area contributed by atoms with Gasteiger partial charge in [-0.1, -0.05) is 69.5 Å². The maximum Gasteiger partial charge on any atom is 0.322 e. The molecule has 5 nitrogen and oxygen atoms in total. The van der Waals surface area contributed by atoms with Crippen LogP contribution in [0, 0.1) is 0 Å². The monoisotopic (exact) mass is 584 g/mol. The summed E-state index contributed by atoms with van der Waals surface area (Å²) in [6.45, 7) is 3.96. The summed E-state index contributed by atoms with van der Waals surface area (Å²) in [5.41, 5.74) is 4.27. The summed E-state index contributed by atoms with van der Waals surface area (Å²) in [6, 6.07) is 17.6. The molecule has 1 N–H and O–H groups in total. The van der Waals surface area contributed by atoms with Crippen molar-refractivity contribution in [3.8, 4) is 0 Å². The van der Waals surface area contributed by atoms with Crippen molar-refractivity contribution in [1.29, 1.82) is 0 Å². The molecule has 1 saturated heterocycles. The van der Waals surface area contributed by atoms with Crippen LogP contribution in [0.15, 0.2) is 71.3 Å². The molecule has 3 heterocycles. The first-order chi connectivity index (χ1) is 17.4. The fourth-order valence-electron chi connectivity index (χ4n) is 5.22. The standard InChI is InChI=1S/C28H27BrCl2N4O/c29-23-4-1-5-24-26(23)28(19-35(24)27(36)33-18-21-10-13-32-25(31)17-21)11-15-34(16-12-28)14-2-3-20-6-8-22(30)9-7-20/h1-10,13,17H,11-12,14-16,18-19H2,(H,33,36)/b3-2+. The number of piperidine rings is 1. The first-order valence-corrected chi connectivity index (χ1v) is 13.6. The van der Waals surface area contributed by atoms with E-state index in [0.717, 1.165) is 58.8 Å². The number of carbonyl (C=O) groups excluding carboxylic acids is 1. The van der Waals surface area contributed by atoms with Gasteiger partial charge < -0.3 is 5.32 Å². The number of likely N-dealkylation sites (tertiary alicyclic amines) is 1.